The third-order valence-electron chi connectivity index (χ3n) is 3.34. The molecular weight excluding hydrogens is 354 g/mol. The number of carbonyl (C=O) groups excluding carboxylic acids is 2. The van der Waals surface area contributed by atoms with Gasteiger partial charge in [-0.25, -0.2) is 0 Å². The third kappa shape index (κ3) is 4.68. The van der Waals surface area contributed by atoms with Gasteiger partial charge in [0.1, 0.15) is 0 Å². The molecule has 1 atom stereocenters. The second-order valence-electron chi connectivity index (χ2n) is 4.85. The molecule has 4 nitrogen and oxygen atoms in total. The minimum atomic E-state index is -0.193. The molecule has 2 heterocycles. The van der Waals surface area contributed by atoms with Gasteiger partial charge in [0.25, 0.3) is 0 Å². The Morgan fingerprint density at radius 1 is 1.52 bits per heavy atom. The Labute approximate surface area is 136 Å². The molecule has 1 aromatic rings. The highest BCUT2D eigenvalue weighted by atomic mass is 79.9. The first kappa shape index (κ1) is 16.2. The molecule has 1 aliphatic rings. The zero-order valence-electron chi connectivity index (χ0n) is 11.9. The summed E-state index contributed by atoms with van der Waals surface area (Å²) < 4.78 is 6.08. The highest BCUT2D eigenvalue weighted by molar-refractivity contribution is 9.11. The number of halogens is 1. The number of esters is 1. The van der Waals surface area contributed by atoms with Crippen molar-refractivity contribution in [3.8, 4) is 0 Å². The van der Waals surface area contributed by atoms with E-state index in [0.717, 1.165) is 21.5 Å². The average molecular weight is 372 g/mol. The number of ether oxygens (including phenoxy) is 1. The van der Waals surface area contributed by atoms with E-state index < -0.39 is 0 Å². The number of amides is 1. The first-order valence-electron chi connectivity index (χ1n) is 6.99. The lowest BCUT2D eigenvalue weighted by atomic mass is 9.98. The fraction of sp³-hybridized carbons (Fsp3) is 0.467. The Bertz CT molecular complexity index is 541. The minimum absolute atomic E-state index is 0.0477. The molecule has 1 aliphatic heterocycles. The van der Waals surface area contributed by atoms with Gasteiger partial charge < -0.3 is 9.64 Å². The molecule has 1 aromatic heterocycles. The maximum Gasteiger partial charge on any atom is 0.310 e. The van der Waals surface area contributed by atoms with Crippen LogP contribution >= 0.6 is 27.3 Å². The minimum Gasteiger partial charge on any atom is -0.466 e. The van der Waals surface area contributed by atoms with E-state index >= 15 is 0 Å². The van der Waals surface area contributed by atoms with E-state index in [1.54, 1.807) is 29.2 Å². The second-order valence-corrected chi connectivity index (χ2v) is 7.35. The van der Waals surface area contributed by atoms with Gasteiger partial charge in [-0.15, -0.1) is 11.3 Å². The summed E-state index contributed by atoms with van der Waals surface area (Å²) in [6.45, 7) is 3.34. The zero-order chi connectivity index (χ0) is 15.2. The fourth-order valence-corrected chi connectivity index (χ4v) is 3.63. The predicted molar refractivity (Wildman–Crippen MR) is 87.0 cm³/mol. The van der Waals surface area contributed by atoms with Crippen LogP contribution < -0.4 is 0 Å². The first-order chi connectivity index (χ1) is 10.1. The normalized spacial score (nSPS) is 19.0. The summed E-state index contributed by atoms with van der Waals surface area (Å²) in [4.78, 5) is 26.7. The highest BCUT2D eigenvalue weighted by Gasteiger charge is 2.28. The van der Waals surface area contributed by atoms with Gasteiger partial charge >= 0.3 is 5.97 Å². The summed E-state index contributed by atoms with van der Waals surface area (Å²) in [5.74, 6) is -0.429. The van der Waals surface area contributed by atoms with Gasteiger partial charge in [0.05, 0.1) is 16.3 Å². The molecule has 0 N–H and O–H groups in total. The molecule has 0 aliphatic carbocycles. The standard InChI is InChI=1S/C15H18BrNO3S/c1-2-20-15(19)11-4-3-9-17(10-11)14(18)8-6-12-5-7-13(16)21-12/h5-8,11H,2-4,9-10H2,1H3/b8-6+. The molecule has 2 rings (SSSR count). The van der Waals surface area contributed by atoms with E-state index in [1.165, 1.54) is 0 Å². The van der Waals surface area contributed by atoms with Crippen LogP contribution in [0.25, 0.3) is 6.08 Å². The summed E-state index contributed by atoms with van der Waals surface area (Å²) in [7, 11) is 0. The molecule has 1 saturated heterocycles. The average Bonchev–Trinajstić information content (AvgIpc) is 2.91. The molecule has 0 saturated carbocycles. The molecule has 6 heteroatoms. The van der Waals surface area contributed by atoms with Crippen molar-refractivity contribution in [2.24, 2.45) is 5.92 Å². The van der Waals surface area contributed by atoms with Gasteiger partial charge in [0.15, 0.2) is 0 Å². The van der Waals surface area contributed by atoms with E-state index in [9.17, 15) is 9.59 Å². The highest BCUT2D eigenvalue weighted by Crippen LogP contribution is 2.23. The van der Waals surface area contributed by atoms with Crippen LogP contribution in [0.1, 0.15) is 24.6 Å². The van der Waals surface area contributed by atoms with E-state index in [4.69, 9.17) is 4.74 Å². The summed E-state index contributed by atoms with van der Waals surface area (Å²) in [5, 5.41) is 0. The lowest BCUT2D eigenvalue weighted by Crippen LogP contribution is -2.42. The number of thiophene rings is 1. The Hall–Kier alpha value is -1.14. The number of hydrogen-bond acceptors (Lipinski definition) is 4. The van der Waals surface area contributed by atoms with Crippen molar-refractivity contribution in [3.63, 3.8) is 0 Å². The van der Waals surface area contributed by atoms with E-state index in [1.807, 2.05) is 18.2 Å². The smallest absolute Gasteiger partial charge is 0.310 e. The van der Waals surface area contributed by atoms with Gasteiger partial charge in [0.2, 0.25) is 5.91 Å². The number of carbonyl (C=O) groups is 2. The number of piperidine rings is 1. The maximum absolute atomic E-state index is 12.2. The second kappa shape index (κ2) is 7.75. The van der Waals surface area contributed by atoms with Gasteiger partial charge in [-0.1, -0.05) is 0 Å². The van der Waals surface area contributed by atoms with E-state index in [-0.39, 0.29) is 17.8 Å². The van der Waals surface area contributed by atoms with Gasteiger partial charge in [-0.3, -0.25) is 9.59 Å². The zero-order valence-corrected chi connectivity index (χ0v) is 14.3. The Kier molecular flexibility index (Phi) is 5.99. The molecule has 0 bridgehead atoms. The number of rotatable bonds is 4. The van der Waals surface area contributed by atoms with Crippen LogP contribution in [0, 0.1) is 5.92 Å². The van der Waals surface area contributed by atoms with Crippen molar-refractivity contribution >= 4 is 45.2 Å². The quantitative estimate of drug-likeness (QED) is 0.602. The van der Waals surface area contributed by atoms with Crippen molar-refractivity contribution < 1.29 is 14.3 Å². The number of hydrogen-bond donors (Lipinski definition) is 0. The van der Waals surface area contributed by atoms with Crippen LogP contribution in [0.3, 0.4) is 0 Å². The molecule has 1 unspecified atom stereocenters. The van der Waals surface area contributed by atoms with Crippen molar-refractivity contribution in [2.75, 3.05) is 19.7 Å². The van der Waals surface area contributed by atoms with Crippen LogP contribution in [0.5, 0.6) is 0 Å². The summed E-state index contributed by atoms with van der Waals surface area (Å²) in [6.07, 6.45) is 5.02. The van der Waals surface area contributed by atoms with E-state index in [2.05, 4.69) is 15.9 Å². The van der Waals surface area contributed by atoms with E-state index in [0.29, 0.717) is 19.7 Å². The lowest BCUT2D eigenvalue weighted by molar-refractivity contribution is -0.150. The third-order valence-corrected chi connectivity index (χ3v) is 4.93. The van der Waals surface area contributed by atoms with Crippen LogP contribution in [0.15, 0.2) is 22.0 Å². The van der Waals surface area contributed by atoms with Crippen LogP contribution in [-0.4, -0.2) is 36.5 Å². The molecule has 1 amide bonds. The summed E-state index contributed by atoms with van der Waals surface area (Å²) in [6, 6.07) is 3.91. The SMILES string of the molecule is CCOC(=O)C1CCCN(C(=O)/C=C/c2ccc(Br)s2)C1. The predicted octanol–water partition coefficient (Wildman–Crippen LogP) is 3.33. The molecule has 0 aromatic carbocycles. The topological polar surface area (TPSA) is 46.6 Å². The van der Waals surface area contributed by atoms with Crippen molar-refractivity contribution in [2.45, 2.75) is 19.8 Å². The van der Waals surface area contributed by atoms with Crippen LogP contribution in [-0.2, 0) is 14.3 Å². The summed E-state index contributed by atoms with van der Waals surface area (Å²) >= 11 is 4.97. The van der Waals surface area contributed by atoms with Crippen molar-refractivity contribution in [3.05, 3.63) is 26.9 Å². The largest absolute Gasteiger partial charge is 0.466 e. The molecular formula is C15H18BrNO3S. The van der Waals surface area contributed by atoms with Crippen molar-refractivity contribution in [1.29, 1.82) is 0 Å². The van der Waals surface area contributed by atoms with Crippen LogP contribution in [0.4, 0.5) is 0 Å². The van der Waals surface area contributed by atoms with Gasteiger partial charge in [0, 0.05) is 24.0 Å². The Balaban J connectivity index is 1.92. The lowest BCUT2D eigenvalue weighted by Gasteiger charge is -2.30. The Morgan fingerprint density at radius 3 is 3.00 bits per heavy atom. The maximum atomic E-state index is 12.2. The first-order valence-corrected chi connectivity index (χ1v) is 8.60. The monoisotopic (exact) mass is 371 g/mol. The van der Waals surface area contributed by atoms with Gasteiger partial charge in [-0.2, -0.15) is 0 Å². The molecule has 0 radical (unpaired) electrons. The summed E-state index contributed by atoms with van der Waals surface area (Å²) in [5.41, 5.74) is 0. The van der Waals surface area contributed by atoms with Crippen LogP contribution in [0.2, 0.25) is 0 Å². The number of nitrogens with zero attached hydrogens (tertiary/aromatic N) is 1. The molecule has 0 spiro atoms. The fourth-order valence-electron chi connectivity index (χ4n) is 2.31. The number of likely N-dealkylation sites (tertiary alicyclic amines) is 1. The molecule has 21 heavy (non-hydrogen) atoms. The van der Waals surface area contributed by atoms with Crippen molar-refractivity contribution in [1.82, 2.24) is 4.90 Å². The Morgan fingerprint density at radius 2 is 2.33 bits per heavy atom. The molecule has 114 valence electrons. The van der Waals surface area contributed by atoms with Gasteiger partial charge in [-0.05, 0) is 53.9 Å². The molecule has 1 fully saturated rings.